The Morgan fingerprint density at radius 2 is 1.80 bits per heavy atom. The first kappa shape index (κ1) is 24.8. The Hall–Kier alpha value is -1.87. The van der Waals surface area contributed by atoms with Crippen LogP contribution < -0.4 is 4.72 Å². The molecule has 5 nitrogen and oxygen atoms in total. The van der Waals surface area contributed by atoms with E-state index in [9.17, 15) is 26.4 Å². The standard InChI is InChI=1S/C26H33F3N2O3S/c1-24-13-11-20-18(7-10-22-25(20,2)14-12-23(32)31(22)3)19(24)8-9-21(24)30-35(33,34)17-6-4-5-16(15-17)26(27,28)29/h4-6,12,14-15,18-22,30H,7-11,13H2,1-3H3/t18-,19-,20-,21-,22+,24-,25+/m0/s1. The molecule has 3 aliphatic carbocycles. The number of fused-ring (bicyclic) bond motifs is 5. The number of carbonyl (C=O) groups excluding carboxylic acids is 1. The third-order valence-corrected chi connectivity index (χ3v) is 11.4. The molecule has 1 N–H and O–H groups in total. The van der Waals surface area contributed by atoms with Gasteiger partial charge in [-0.3, -0.25) is 4.79 Å². The molecule has 9 heteroatoms. The number of amides is 1. The monoisotopic (exact) mass is 510 g/mol. The number of alkyl halides is 3. The summed E-state index contributed by atoms with van der Waals surface area (Å²) in [5.41, 5.74) is -1.31. The molecule has 192 valence electrons. The average Bonchev–Trinajstić information content (AvgIpc) is 3.12. The van der Waals surface area contributed by atoms with Crippen LogP contribution >= 0.6 is 0 Å². The lowest BCUT2D eigenvalue weighted by Gasteiger charge is -2.60. The Morgan fingerprint density at radius 1 is 1.06 bits per heavy atom. The van der Waals surface area contributed by atoms with Crippen LogP contribution in [0.2, 0.25) is 0 Å². The van der Waals surface area contributed by atoms with Gasteiger partial charge in [0.25, 0.3) is 0 Å². The fraction of sp³-hybridized carbons (Fsp3) is 0.654. The first-order chi connectivity index (χ1) is 16.3. The van der Waals surface area contributed by atoms with Crippen LogP contribution in [-0.2, 0) is 21.0 Å². The fourth-order valence-electron chi connectivity index (χ4n) is 8.03. The van der Waals surface area contributed by atoms with Gasteiger partial charge < -0.3 is 4.90 Å². The van der Waals surface area contributed by atoms with Gasteiger partial charge >= 0.3 is 6.18 Å². The highest BCUT2D eigenvalue weighted by molar-refractivity contribution is 7.89. The maximum absolute atomic E-state index is 13.2. The lowest BCUT2D eigenvalue weighted by Crippen LogP contribution is -2.60. The van der Waals surface area contributed by atoms with E-state index >= 15 is 0 Å². The molecule has 1 aromatic rings. The SMILES string of the molecule is CN1C(=O)C=C[C@]2(C)[C@H]3CC[C@]4(C)[C@@H](NS(=O)(=O)c5cccc(C(F)(F)F)c5)CC[C@H]4[C@@H]3CC[C@@H]12. The molecule has 1 aliphatic heterocycles. The molecular formula is C26H33F3N2O3S. The van der Waals surface area contributed by atoms with Crippen LogP contribution in [0.5, 0.6) is 0 Å². The van der Waals surface area contributed by atoms with E-state index in [1.807, 2.05) is 11.9 Å². The maximum Gasteiger partial charge on any atom is 0.416 e. The number of carbonyl (C=O) groups is 1. The van der Waals surface area contributed by atoms with Gasteiger partial charge in [-0.15, -0.1) is 0 Å². The summed E-state index contributed by atoms with van der Waals surface area (Å²) in [4.78, 5) is 13.8. The lowest BCUT2D eigenvalue weighted by molar-refractivity contribution is -0.138. The normalized spacial score (nSPS) is 39.2. The zero-order valence-corrected chi connectivity index (χ0v) is 21.1. The topological polar surface area (TPSA) is 66.5 Å². The number of hydrogen-bond acceptors (Lipinski definition) is 3. The van der Waals surface area contributed by atoms with E-state index in [1.54, 1.807) is 6.08 Å². The van der Waals surface area contributed by atoms with Crippen molar-refractivity contribution in [2.75, 3.05) is 7.05 Å². The summed E-state index contributed by atoms with van der Waals surface area (Å²) >= 11 is 0. The van der Waals surface area contributed by atoms with Crippen molar-refractivity contribution in [3.8, 4) is 0 Å². The molecule has 4 aliphatic rings. The first-order valence-electron chi connectivity index (χ1n) is 12.4. The second kappa shape index (κ2) is 8.07. The molecular weight excluding hydrogens is 477 g/mol. The van der Waals surface area contributed by atoms with Gasteiger partial charge in [-0.2, -0.15) is 13.2 Å². The van der Waals surface area contributed by atoms with E-state index in [0.29, 0.717) is 30.2 Å². The maximum atomic E-state index is 13.2. The van der Waals surface area contributed by atoms with Crippen molar-refractivity contribution in [2.24, 2.45) is 28.6 Å². The van der Waals surface area contributed by atoms with Crippen molar-refractivity contribution in [3.05, 3.63) is 42.0 Å². The lowest BCUT2D eigenvalue weighted by atomic mass is 9.48. The molecule has 0 radical (unpaired) electrons. The second-order valence-electron chi connectivity index (χ2n) is 11.4. The molecule has 0 aromatic heterocycles. The molecule has 3 fully saturated rings. The first-order valence-corrected chi connectivity index (χ1v) is 13.9. The summed E-state index contributed by atoms with van der Waals surface area (Å²) in [5, 5.41) is 0. The number of likely N-dealkylation sites (N-methyl/N-ethyl adjacent to an activating group) is 1. The fourth-order valence-corrected chi connectivity index (χ4v) is 9.46. The Morgan fingerprint density at radius 3 is 2.51 bits per heavy atom. The quantitative estimate of drug-likeness (QED) is 0.623. The van der Waals surface area contributed by atoms with Gasteiger partial charge in [0.2, 0.25) is 15.9 Å². The van der Waals surface area contributed by atoms with Gasteiger partial charge in [0, 0.05) is 24.5 Å². The van der Waals surface area contributed by atoms with Crippen molar-refractivity contribution in [2.45, 2.75) is 75.5 Å². The summed E-state index contributed by atoms with van der Waals surface area (Å²) < 4.78 is 68.6. The van der Waals surface area contributed by atoms with Gasteiger partial charge in [0.1, 0.15) is 0 Å². The molecule has 3 saturated carbocycles. The molecule has 1 amide bonds. The highest BCUT2D eigenvalue weighted by atomic mass is 32.2. The summed E-state index contributed by atoms with van der Waals surface area (Å²) in [5.74, 6) is 1.25. The summed E-state index contributed by atoms with van der Waals surface area (Å²) in [6.45, 7) is 4.42. The summed E-state index contributed by atoms with van der Waals surface area (Å²) in [7, 11) is -2.21. The molecule has 0 bridgehead atoms. The smallest absolute Gasteiger partial charge is 0.338 e. The number of nitrogens with one attached hydrogen (secondary N) is 1. The van der Waals surface area contributed by atoms with Crippen LogP contribution in [0.1, 0.15) is 57.9 Å². The average molecular weight is 511 g/mol. The molecule has 7 atom stereocenters. The van der Waals surface area contributed by atoms with Gasteiger partial charge in [-0.25, -0.2) is 13.1 Å². The highest BCUT2D eigenvalue weighted by Crippen LogP contribution is 2.64. The minimum atomic E-state index is -4.60. The van der Waals surface area contributed by atoms with Crippen LogP contribution in [0.15, 0.2) is 41.3 Å². The number of nitrogens with zero attached hydrogens (tertiary/aromatic N) is 1. The Bertz CT molecular complexity index is 1170. The van der Waals surface area contributed by atoms with Gasteiger partial charge in [-0.05, 0) is 86.0 Å². The molecule has 0 spiro atoms. The third kappa shape index (κ3) is 3.84. The van der Waals surface area contributed by atoms with E-state index in [1.165, 1.54) is 6.07 Å². The number of hydrogen-bond donors (Lipinski definition) is 1. The van der Waals surface area contributed by atoms with E-state index in [2.05, 4.69) is 24.6 Å². The number of sulfonamides is 1. The molecule has 35 heavy (non-hydrogen) atoms. The van der Waals surface area contributed by atoms with Gasteiger partial charge in [-0.1, -0.05) is 26.0 Å². The highest BCUT2D eigenvalue weighted by Gasteiger charge is 2.60. The van der Waals surface area contributed by atoms with E-state index in [0.717, 1.165) is 44.2 Å². The molecule has 0 unspecified atom stereocenters. The predicted octanol–water partition coefficient (Wildman–Crippen LogP) is 4.99. The van der Waals surface area contributed by atoms with Crippen LogP contribution in [0.4, 0.5) is 13.2 Å². The third-order valence-electron chi connectivity index (χ3n) is 9.90. The van der Waals surface area contributed by atoms with E-state index in [4.69, 9.17) is 0 Å². The minimum absolute atomic E-state index is 0.0523. The summed E-state index contributed by atoms with van der Waals surface area (Å²) in [6, 6.07) is 3.82. The molecule has 1 heterocycles. The molecule has 1 aromatic carbocycles. The van der Waals surface area contributed by atoms with Crippen LogP contribution in [0.25, 0.3) is 0 Å². The molecule has 5 rings (SSSR count). The van der Waals surface area contributed by atoms with Crippen molar-refractivity contribution in [1.82, 2.24) is 9.62 Å². The van der Waals surface area contributed by atoms with Crippen molar-refractivity contribution in [3.63, 3.8) is 0 Å². The van der Waals surface area contributed by atoms with E-state index < -0.39 is 21.8 Å². The zero-order valence-electron chi connectivity index (χ0n) is 20.3. The number of rotatable bonds is 3. The van der Waals surface area contributed by atoms with Crippen LogP contribution in [-0.4, -0.2) is 38.4 Å². The second-order valence-corrected chi connectivity index (χ2v) is 13.2. The van der Waals surface area contributed by atoms with Crippen molar-refractivity contribution < 1.29 is 26.4 Å². The van der Waals surface area contributed by atoms with Gasteiger partial charge in [0.15, 0.2) is 0 Å². The number of benzene rings is 1. The predicted molar refractivity (Wildman–Crippen MR) is 126 cm³/mol. The van der Waals surface area contributed by atoms with E-state index in [-0.39, 0.29) is 33.7 Å². The van der Waals surface area contributed by atoms with Crippen LogP contribution in [0.3, 0.4) is 0 Å². The Kier molecular flexibility index (Phi) is 5.72. The van der Waals surface area contributed by atoms with Crippen molar-refractivity contribution >= 4 is 15.9 Å². The zero-order chi connectivity index (χ0) is 25.4. The minimum Gasteiger partial charge on any atom is -0.338 e. The largest absolute Gasteiger partial charge is 0.416 e. The Labute approximate surface area is 205 Å². The molecule has 0 saturated heterocycles. The number of halogens is 3. The van der Waals surface area contributed by atoms with Gasteiger partial charge in [0.05, 0.1) is 10.5 Å². The van der Waals surface area contributed by atoms with Crippen molar-refractivity contribution in [1.29, 1.82) is 0 Å². The Balaban J connectivity index is 1.38. The van der Waals surface area contributed by atoms with Crippen LogP contribution in [0, 0.1) is 28.6 Å². The summed E-state index contributed by atoms with van der Waals surface area (Å²) in [6.07, 6.45) is 4.51.